The molecule has 0 aliphatic carbocycles. The number of nitrogens with one attached hydrogen (secondary N) is 1. The second kappa shape index (κ2) is 8.85. The molecule has 0 saturated carbocycles. The Morgan fingerprint density at radius 1 is 1.29 bits per heavy atom. The molecule has 2 amide bonds. The van der Waals surface area contributed by atoms with E-state index in [2.05, 4.69) is 21.2 Å². The fourth-order valence-corrected chi connectivity index (χ4v) is 4.12. The number of carbonyl (C=O) groups excluding carboxylic acids is 2. The van der Waals surface area contributed by atoms with Gasteiger partial charge in [-0.1, -0.05) is 39.9 Å². The Morgan fingerprint density at radius 2 is 2.00 bits per heavy atom. The lowest BCUT2D eigenvalue weighted by molar-refractivity contribution is -0.122. The molecule has 1 aliphatic rings. The van der Waals surface area contributed by atoms with Crippen LogP contribution in [0.2, 0.25) is 0 Å². The summed E-state index contributed by atoms with van der Waals surface area (Å²) in [7, 11) is 0. The minimum absolute atomic E-state index is 0.0409. The summed E-state index contributed by atoms with van der Waals surface area (Å²) in [5, 5.41) is 12.6. The SMILES string of the molecule is O=C(CCN1C(=O)/C(=C/c2cc(Br)ccc2O)SC1=S)Nc1ccc(F)cc1. The highest BCUT2D eigenvalue weighted by Crippen LogP contribution is 2.34. The Bertz CT molecular complexity index is 980. The number of aromatic hydroxyl groups is 1. The number of phenolic OH excluding ortho intramolecular Hbond substituents is 1. The molecule has 0 aromatic heterocycles. The van der Waals surface area contributed by atoms with Gasteiger partial charge in [-0.25, -0.2) is 4.39 Å². The highest BCUT2D eigenvalue weighted by molar-refractivity contribution is 9.10. The topological polar surface area (TPSA) is 69.6 Å². The second-order valence-electron chi connectivity index (χ2n) is 5.84. The van der Waals surface area contributed by atoms with E-state index in [1.165, 1.54) is 35.2 Å². The van der Waals surface area contributed by atoms with Crippen LogP contribution in [0.3, 0.4) is 0 Å². The fourth-order valence-electron chi connectivity index (χ4n) is 2.45. The van der Waals surface area contributed by atoms with E-state index in [9.17, 15) is 19.1 Å². The molecule has 2 aromatic rings. The normalized spacial score (nSPS) is 15.4. The zero-order valence-corrected chi connectivity index (χ0v) is 17.5. The number of phenols is 1. The number of amides is 2. The quantitative estimate of drug-likeness (QED) is 0.486. The molecule has 0 radical (unpaired) electrons. The fraction of sp³-hybridized carbons (Fsp3) is 0.105. The third-order valence-electron chi connectivity index (χ3n) is 3.84. The molecule has 3 rings (SSSR count). The first-order valence-corrected chi connectivity index (χ1v) is 10.1. The van der Waals surface area contributed by atoms with Gasteiger partial charge in [0.2, 0.25) is 5.91 Å². The maximum absolute atomic E-state index is 12.9. The molecule has 1 aliphatic heterocycles. The molecular formula is C19H14BrFN2O3S2. The van der Waals surface area contributed by atoms with Gasteiger partial charge in [-0.15, -0.1) is 0 Å². The highest BCUT2D eigenvalue weighted by atomic mass is 79.9. The van der Waals surface area contributed by atoms with Gasteiger partial charge in [-0.05, 0) is 48.5 Å². The van der Waals surface area contributed by atoms with Crippen LogP contribution in [-0.2, 0) is 9.59 Å². The van der Waals surface area contributed by atoms with Crippen LogP contribution in [-0.4, -0.2) is 32.7 Å². The van der Waals surface area contributed by atoms with Crippen molar-refractivity contribution in [2.75, 3.05) is 11.9 Å². The molecule has 2 aromatic carbocycles. The first-order valence-electron chi connectivity index (χ1n) is 8.13. The molecule has 0 atom stereocenters. The van der Waals surface area contributed by atoms with Gasteiger partial charge in [0.15, 0.2) is 0 Å². The number of hydrogen-bond donors (Lipinski definition) is 2. The number of thiocarbonyl (C=S) groups is 1. The lowest BCUT2D eigenvalue weighted by atomic mass is 10.2. The van der Waals surface area contributed by atoms with Crippen LogP contribution < -0.4 is 5.32 Å². The molecule has 1 heterocycles. The summed E-state index contributed by atoms with van der Waals surface area (Å²) >= 11 is 9.69. The molecule has 1 fully saturated rings. The number of benzene rings is 2. The smallest absolute Gasteiger partial charge is 0.266 e. The van der Waals surface area contributed by atoms with Gasteiger partial charge >= 0.3 is 0 Å². The van der Waals surface area contributed by atoms with E-state index >= 15 is 0 Å². The van der Waals surface area contributed by atoms with Crippen LogP contribution in [0.4, 0.5) is 10.1 Å². The lowest BCUT2D eigenvalue weighted by Crippen LogP contribution is -2.31. The average molecular weight is 481 g/mol. The third kappa shape index (κ3) is 4.98. The molecular weight excluding hydrogens is 467 g/mol. The van der Waals surface area contributed by atoms with Gasteiger partial charge in [-0.2, -0.15) is 0 Å². The number of thioether (sulfide) groups is 1. The molecule has 5 nitrogen and oxygen atoms in total. The maximum Gasteiger partial charge on any atom is 0.266 e. The van der Waals surface area contributed by atoms with E-state index in [0.29, 0.717) is 20.5 Å². The molecule has 1 saturated heterocycles. The highest BCUT2D eigenvalue weighted by Gasteiger charge is 2.32. The van der Waals surface area contributed by atoms with Crippen LogP contribution in [0.1, 0.15) is 12.0 Å². The largest absolute Gasteiger partial charge is 0.507 e. The molecule has 0 spiro atoms. The number of halogens is 2. The van der Waals surface area contributed by atoms with Crippen molar-refractivity contribution in [2.24, 2.45) is 0 Å². The lowest BCUT2D eigenvalue weighted by Gasteiger charge is -2.14. The van der Waals surface area contributed by atoms with Gasteiger partial charge in [0, 0.05) is 28.7 Å². The van der Waals surface area contributed by atoms with E-state index in [1.807, 2.05) is 0 Å². The summed E-state index contributed by atoms with van der Waals surface area (Å²) in [6.07, 6.45) is 1.61. The van der Waals surface area contributed by atoms with Crippen molar-refractivity contribution in [1.82, 2.24) is 4.90 Å². The summed E-state index contributed by atoms with van der Waals surface area (Å²) in [5.41, 5.74) is 0.964. The average Bonchev–Trinajstić information content (AvgIpc) is 2.91. The van der Waals surface area contributed by atoms with Crippen LogP contribution in [0.25, 0.3) is 6.08 Å². The van der Waals surface area contributed by atoms with E-state index in [0.717, 1.165) is 16.2 Å². The number of nitrogens with zero attached hydrogens (tertiary/aromatic N) is 1. The maximum atomic E-state index is 12.9. The van der Waals surface area contributed by atoms with E-state index in [4.69, 9.17) is 12.2 Å². The standard InChI is InChI=1S/C19H14BrFN2O3S2/c20-12-1-6-15(24)11(9-12)10-16-18(26)23(19(27)28-16)8-7-17(25)22-14-4-2-13(21)3-5-14/h1-6,9-10,24H,7-8H2,(H,22,25)/b16-10-. The van der Waals surface area contributed by atoms with E-state index in [1.54, 1.807) is 18.2 Å². The Labute approximate surface area is 178 Å². The zero-order chi connectivity index (χ0) is 20.3. The second-order valence-corrected chi connectivity index (χ2v) is 8.43. The zero-order valence-electron chi connectivity index (χ0n) is 14.3. The van der Waals surface area contributed by atoms with Crippen molar-refractivity contribution in [2.45, 2.75) is 6.42 Å². The van der Waals surface area contributed by atoms with Crippen LogP contribution >= 0.6 is 39.9 Å². The summed E-state index contributed by atoms with van der Waals surface area (Å²) in [4.78, 5) is 26.4. The van der Waals surface area contributed by atoms with Gasteiger partial charge < -0.3 is 10.4 Å². The van der Waals surface area contributed by atoms with Crippen molar-refractivity contribution in [1.29, 1.82) is 0 Å². The Balaban J connectivity index is 1.63. The minimum atomic E-state index is -0.390. The van der Waals surface area contributed by atoms with Crippen LogP contribution in [0, 0.1) is 5.82 Å². The predicted molar refractivity (Wildman–Crippen MR) is 115 cm³/mol. The summed E-state index contributed by atoms with van der Waals surface area (Å²) in [6.45, 7) is 0.125. The predicted octanol–water partition coefficient (Wildman–Crippen LogP) is 4.52. The molecule has 9 heteroatoms. The van der Waals surface area contributed by atoms with E-state index < -0.39 is 0 Å². The van der Waals surface area contributed by atoms with Gasteiger partial charge in [0.1, 0.15) is 15.9 Å². The Kier molecular flexibility index (Phi) is 6.48. The van der Waals surface area contributed by atoms with Crippen LogP contribution in [0.5, 0.6) is 5.75 Å². The van der Waals surface area contributed by atoms with Crippen LogP contribution in [0.15, 0.2) is 51.8 Å². The van der Waals surface area contributed by atoms with Gasteiger partial charge in [0.05, 0.1) is 4.91 Å². The summed E-state index contributed by atoms with van der Waals surface area (Å²) < 4.78 is 14.0. The first kappa shape index (κ1) is 20.5. The molecule has 0 bridgehead atoms. The minimum Gasteiger partial charge on any atom is -0.507 e. The number of hydrogen-bond acceptors (Lipinski definition) is 5. The van der Waals surface area contributed by atoms with Crippen molar-refractivity contribution in [3.63, 3.8) is 0 Å². The van der Waals surface area contributed by atoms with E-state index in [-0.39, 0.29) is 36.3 Å². The number of anilines is 1. The summed E-state index contributed by atoms with van der Waals surface area (Å²) in [5.74, 6) is -0.968. The van der Waals surface area contributed by atoms with Crippen molar-refractivity contribution in [3.05, 3.63) is 63.2 Å². The van der Waals surface area contributed by atoms with Gasteiger partial charge in [-0.3, -0.25) is 14.5 Å². The monoisotopic (exact) mass is 480 g/mol. The third-order valence-corrected chi connectivity index (χ3v) is 5.71. The number of carbonyl (C=O) groups is 2. The Morgan fingerprint density at radius 3 is 2.71 bits per heavy atom. The number of rotatable bonds is 5. The van der Waals surface area contributed by atoms with Gasteiger partial charge in [0.25, 0.3) is 5.91 Å². The first-order chi connectivity index (χ1) is 13.3. The molecule has 2 N–H and O–H groups in total. The molecule has 28 heavy (non-hydrogen) atoms. The Hall–Kier alpha value is -2.23. The van der Waals surface area contributed by atoms with Crippen molar-refractivity contribution >= 4 is 67.8 Å². The van der Waals surface area contributed by atoms with Crippen molar-refractivity contribution < 1.29 is 19.1 Å². The molecule has 0 unspecified atom stereocenters. The summed E-state index contributed by atoms with van der Waals surface area (Å²) in [6, 6.07) is 10.3. The van der Waals surface area contributed by atoms with Crippen molar-refractivity contribution in [3.8, 4) is 5.75 Å². The molecule has 144 valence electrons.